The molecule has 4 nitrogen and oxygen atoms in total. The first-order valence-electron chi connectivity index (χ1n) is 7.22. The van der Waals surface area contributed by atoms with Crippen LogP contribution in [0.4, 0.5) is 4.79 Å². The number of carbonyl (C=O) groups is 1. The van der Waals surface area contributed by atoms with Crippen molar-refractivity contribution in [3.63, 3.8) is 0 Å². The molecule has 0 radical (unpaired) electrons. The third-order valence-corrected chi connectivity index (χ3v) is 4.02. The molecule has 0 saturated heterocycles. The standard InChI is InChI=1S/C16H21N3O/c1-11(2)19-15(20)18-10-16(7-8-16)13-9-17-14-6-4-3-5-12(13)14/h3-6,9,11,17H,7-8,10H2,1-2H3,(H2,18,19,20). The molecule has 1 aliphatic rings. The number of benzene rings is 1. The SMILES string of the molecule is CC(C)NC(=O)NCC1(c2c[nH]c3ccccc23)CC1. The quantitative estimate of drug-likeness (QED) is 0.787. The molecule has 106 valence electrons. The molecule has 20 heavy (non-hydrogen) atoms. The topological polar surface area (TPSA) is 56.9 Å². The number of aromatic nitrogens is 1. The zero-order chi connectivity index (χ0) is 14.2. The number of carbonyl (C=O) groups excluding carboxylic acids is 1. The molecule has 3 rings (SSSR count). The summed E-state index contributed by atoms with van der Waals surface area (Å²) in [5.41, 5.74) is 2.62. The molecule has 1 saturated carbocycles. The second kappa shape index (κ2) is 4.85. The van der Waals surface area contributed by atoms with Crippen LogP contribution in [0.1, 0.15) is 32.3 Å². The number of urea groups is 1. The number of fused-ring (bicyclic) bond motifs is 1. The number of hydrogen-bond acceptors (Lipinski definition) is 1. The van der Waals surface area contributed by atoms with Gasteiger partial charge in [0.15, 0.2) is 0 Å². The van der Waals surface area contributed by atoms with Crippen LogP contribution in [0.15, 0.2) is 30.5 Å². The molecule has 1 aromatic heterocycles. The van der Waals surface area contributed by atoms with Gasteiger partial charge >= 0.3 is 6.03 Å². The molecule has 1 heterocycles. The van der Waals surface area contributed by atoms with Crippen molar-refractivity contribution in [2.45, 2.75) is 38.1 Å². The van der Waals surface area contributed by atoms with Crippen molar-refractivity contribution in [3.8, 4) is 0 Å². The number of nitrogens with one attached hydrogen (secondary N) is 3. The van der Waals surface area contributed by atoms with E-state index in [4.69, 9.17) is 0 Å². The fraction of sp³-hybridized carbons (Fsp3) is 0.438. The maximum Gasteiger partial charge on any atom is 0.315 e. The Morgan fingerprint density at radius 1 is 1.35 bits per heavy atom. The number of hydrogen-bond donors (Lipinski definition) is 3. The number of rotatable bonds is 4. The first-order chi connectivity index (χ1) is 9.61. The minimum Gasteiger partial charge on any atom is -0.361 e. The number of H-pyrrole nitrogens is 1. The molecule has 2 aromatic rings. The van der Waals surface area contributed by atoms with Crippen LogP contribution in [0.3, 0.4) is 0 Å². The summed E-state index contributed by atoms with van der Waals surface area (Å²) in [6.45, 7) is 4.63. The largest absolute Gasteiger partial charge is 0.361 e. The molecule has 0 aliphatic heterocycles. The lowest BCUT2D eigenvalue weighted by Gasteiger charge is -2.17. The van der Waals surface area contributed by atoms with E-state index >= 15 is 0 Å². The van der Waals surface area contributed by atoms with Gasteiger partial charge in [-0.15, -0.1) is 0 Å². The van der Waals surface area contributed by atoms with Gasteiger partial charge in [0.2, 0.25) is 0 Å². The Bertz CT molecular complexity index is 625. The minimum atomic E-state index is -0.0777. The second-order valence-corrected chi connectivity index (χ2v) is 6.01. The van der Waals surface area contributed by atoms with Crippen LogP contribution >= 0.6 is 0 Å². The Hall–Kier alpha value is -1.97. The van der Waals surface area contributed by atoms with E-state index in [1.807, 2.05) is 19.9 Å². The van der Waals surface area contributed by atoms with Gasteiger partial charge in [0, 0.05) is 35.1 Å². The Labute approximate surface area is 118 Å². The monoisotopic (exact) mass is 271 g/mol. The van der Waals surface area contributed by atoms with Crippen LogP contribution in [-0.4, -0.2) is 23.6 Å². The van der Waals surface area contributed by atoms with Crippen LogP contribution < -0.4 is 10.6 Å². The third kappa shape index (κ3) is 2.38. The van der Waals surface area contributed by atoms with Crippen molar-refractivity contribution in [1.82, 2.24) is 15.6 Å². The number of para-hydroxylation sites is 1. The van der Waals surface area contributed by atoms with Gasteiger partial charge in [-0.3, -0.25) is 0 Å². The second-order valence-electron chi connectivity index (χ2n) is 6.01. The lowest BCUT2D eigenvalue weighted by molar-refractivity contribution is 0.237. The predicted molar refractivity (Wildman–Crippen MR) is 80.9 cm³/mol. The first-order valence-corrected chi connectivity index (χ1v) is 7.22. The van der Waals surface area contributed by atoms with E-state index in [0.717, 1.165) is 12.8 Å². The minimum absolute atomic E-state index is 0.0777. The zero-order valence-corrected chi connectivity index (χ0v) is 12.0. The van der Waals surface area contributed by atoms with Gasteiger partial charge in [-0.2, -0.15) is 0 Å². The van der Waals surface area contributed by atoms with Gasteiger partial charge in [-0.1, -0.05) is 18.2 Å². The highest BCUT2D eigenvalue weighted by atomic mass is 16.2. The average Bonchev–Trinajstić information content (AvgIpc) is 3.07. The third-order valence-electron chi connectivity index (χ3n) is 4.02. The zero-order valence-electron chi connectivity index (χ0n) is 12.0. The highest BCUT2D eigenvalue weighted by molar-refractivity contribution is 5.85. The summed E-state index contributed by atoms with van der Waals surface area (Å²) in [4.78, 5) is 15.1. The van der Waals surface area contributed by atoms with Crippen molar-refractivity contribution in [2.75, 3.05) is 6.54 Å². The molecule has 0 bridgehead atoms. The normalized spacial score (nSPS) is 16.4. The Morgan fingerprint density at radius 2 is 2.10 bits per heavy atom. The molecule has 0 unspecified atom stereocenters. The van der Waals surface area contributed by atoms with Gasteiger partial charge < -0.3 is 15.6 Å². The van der Waals surface area contributed by atoms with Crippen molar-refractivity contribution in [1.29, 1.82) is 0 Å². The number of amides is 2. The van der Waals surface area contributed by atoms with Crippen molar-refractivity contribution in [2.24, 2.45) is 0 Å². The van der Waals surface area contributed by atoms with E-state index < -0.39 is 0 Å². The van der Waals surface area contributed by atoms with Crippen LogP contribution in [0, 0.1) is 0 Å². The molecule has 0 atom stereocenters. The Balaban J connectivity index is 1.74. The maximum atomic E-state index is 11.7. The highest BCUT2D eigenvalue weighted by Crippen LogP contribution is 2.49. The molecule has 1 aliphatic carbocycles. The van der Waals surface area contributed by atoms with E-state index in [1.165, 1.54) is 16.5 Å². The number of aromatic amines is 1. The van der Waals surface area contributed by atoms with Crippen LogP contribution in [0.25, 0.3) is 10.9 Å². The summed E-state index contributed by atoms with van der Waals surface area (Å²) in [6.07, 6.45) is 4.37. The van der Waals surface area contributed by atoms with Gasteiger partial charge in [0.1, 0.15) is 0 Å². The van der Waals surface area contributed by atoms with Crippen LogP contribution in [0.2, 0.25) is 0 Å². The van der Waals surface area contributed by atoms with Crippen molar-refractivity contribution < 1.29 is 4.79 Å². The molecule has 2 amide bonds. The lowest BCUT2D eigenvalue weighted by atomic mass is 9.95. The molecular formula is C16H21N3O. The van der Waals surface area contributed by atoms with Crippen molar-refractivity contribution in [3.05, 3.63) is 36.0 Å². The average molecular weight is 271 g/mol. The van der Waals surface area contributed by atoms with E-state index in [-0.39, 0.29) is 17.5 Å². The molecule has 0 spiro atoms. The molecule has 4 heteroatoms. The first kappa shape index (κ1) is 13.0. The fourth-order valence-corrected chi connectivity index (χ4v) is 2.77. The van der Waals surface area contributed by atoms with Crippen LogP contribution in [-0.2, 0) is 5.41 Å². The highest BCUT2D eigenvalue weighted by Gasteiger charge is 2.45. The van der Waals surface area contributed by atoms with Crippen molar-refractivity contribution >= 4 is 16.9 Å². The smallest absolute Gasteiger partial charge is 0.315 e. The van der Waals surface area contributed by atoms with Crippen LogP contribution in [0.5, 0.6) is 0 Å². The molecule has 3 N–H and O–H groups in total. The molecule has 1 fully saturated rings. The summed E-state index contributed by atoms with van der Waals surface area (Å²) in [7, 11) is 0. The summed E-state index contributed by atoms with van der Waals surface area (Å²) in [5.74, 6) is 0. The summed E-state index contributed by atoms with van der Waals surface area (Å²) in [6, 6.07) is 8.43. The van der Waals surface area contributed by atoms with E-state index in [9.17, 15) is 4.79 Å². The lowest BCUT2D eigenvalue weighted by Crippen LogP contribution is -2.42. The fourth-order valence-electron chi connectivity index (χ4n) is 2.77. The molecular weight excluding hydrogens is 250 g/mol. The Morgan fingerprint density at radius 3 is 2.80 bits per heavy atom. The van der Waals surface area contributed by atoms with Gasteiger partial charge in [-0.25, -0.2) is 4.79 Å². The summed E-state index contributed by atoms with van der Waals surface area (Å²) < 4.78 is 0. The van der Waals surface area contributed by atoms with Gasteiger partial charge in [0.25, 0.3) is 0 Å². The van der Waals surface area contributed by atoms with E-state index in [2.05, 4.69) is 40.0 Å². The Kier molecular flexibility index (Phi) is 3.16. The molecule has 1 aromatic carbocycles. The van der Waals surface area contributed by atoms with E-state index in [1.54, 1.807) is 0 Å². The van der Waals surface area contributed by atoms with Gasteiger partial charge in [0.05, 0.1) is 0 Å². The van der Waals surface area contributed by atoms with E-state index in [0.29, 0.717) is 6.54 Å². The van der Waals surface area contributed by atoms with Gasteiger partial charge in [-0.05, 0) is 38.3 Å². The summed E-state index contributed by atoms with van der Waals surface area (Å²) >= 11 is 0. The maximum absolute atomic E-state index is 11.7. The summed E-state index contributed by atoms with van der Waals surface area (Å²) in [5, 5.41) is 7.15. The predicted octanol–water partition coefficient (Wildman–Crippen LogP) is 2.91.